The summed E-state index contributed by atoms with van der Waals surface area (Å²) in [4.78, 5) is 0. The molecule has 0 spiro atoms. The minimum absolute atomic E-state index is 0.346. The van der Waals surface area contributed by atoms with Gasteiger partial charge in [-0.2, -0.15) is 0 Å². The second-order valence-corrected chi connectivity index (χ2v) is 3.88. The maximum Gasteiger partial charge on any atom is 0.113 e. The summed E-state index contributed by atoms with van der Waals surface area (Å²) in [6.07, 6.45) is 1.01. The molecule has 0 aliphatic carbocycles. The fourth-order valence-electron chi connectivity index (χ4n) is 1.87. The van der Waals surface area contributed by atoms with Gasteiger partial charge in [0.1, 0.15) is 5.60 Å². The Labute approximate surface area is 106 Å². The minimum atomic E-state index is -0.346. The molecule has 0 aromatic heterocycles. The summed E-state index contributed by atoms with van der Waals surface area (Å²) in [6, 6.07) is 8.36. The maximum atomic E-state index is 5.58. The fraction of sp³-hybridized carbons (Fsp3) is 0.600. The van der Waals surface area contributed by atoms with Crippen molar-refractivity contribution in [3.05, 3.63) is 35.4 Å². The summed E-state index contributed by atoms with van der Waals surface area (Å²) < 4.78 is 10.8. The zero-order valence-electron chi connectivity index (χ0n) is 12.0. The minimum Gasteiger partial charge on any atom is -0.381 e. The van der Waals surface area contributed by atoms with Gasteiger partial charge < -0.3 is 9.47 Å². The van der Waals surface area contributed by atoms with E-state index in [2.05, 4.69) is 32.0 Å². The van der Waals surface area contributed by atoms with Crippen molar-refractivity contribution < 1.29 is 9.47 Å². The van der Waals surface area contributed by atoms with Gasteiger partial charge in [0.15, 0.2) is 0 Å². The van der Waals surface area contributed by atoms with Crippen LogP contribution in [0.15, 0.2) is 24.3 Å². The summed E-state index contributed by atoms with van der Waals surface area (Å²) in [5.74, 6) is 0. The van der Waals surface area contributed by atoms with Crippen LogP contribution in [0.1, 0.15) is 38.8 Å². The van der Waals surface area contributed by atoms with Crippen molar-refractivity contribution in [1.29, 1.82) is 0 Å². The van der Waals surface area contributed by atoms with Crippen molar-refractivity contribution in [1.82, 2.24) is 0 Å². The lowest BCUT2D eigenvalue weighted by atomic mass is 9.91. The zero-order chi connectivity index (χ0) is 13.3. The highest BCUT2D eigenvalue weighted by Crippen LogP contribution is 2.28. The van der Waals surface area contributed by atoms with E-state index in [1.54, 1.807) is 14.2 Å². The van der Waals surface area contributed by atoms with Crippen LogP contribution >= 0.6 is 0 Å². The normalized spacial score (nSPS) is 13.5. The highest BCUT2D eigenvalue weighted by atomic mass is 16.5. The smallest absolute Gasteiger partial charge is 0.113 e. The van der Waals surface area contributed by atoms with E-state index in [1.165, 1.54) is 11.1 Å². The summed E-state index contributed by atoms with van der Waals surface area (Å²) in [6.45, 7) is 8.78. The molecule has 1 rings (SSSR count). The second kappa shape index (κ2) is 8.26. The number of methoxy groups -OCH3 is 2. The summed E-state index contributed by atoms with van der Waals surface area (Å²) in [7, 11) is 3.43. The molecule has 0 saturated heterocycles. The number of benzene rings is 1. The van der Waals surface area contributed by atoms with E-state index in [0.717, 1.165) is 6.42 Å². The molecule has 0 amide bonds. The molecule has 1 unspecified atom stereocenters. The van der Waals surface area contributed by atoms with Crippen molar-refractivity contribution >= 4 is 0 Å². The Kier molecular flexibility index (Phi) is 7.85. The van der Waals surface area contributed by atoms with E-state index < -0.39 is 0 Å². The molecule has 1 aromatic carbocycles. The first-order valence-electron chi connectivity index (χ1n) is 6.30. The summed E-state index contributed by atoms with van der Waals surface area (Å²) in [5.41, 5.74) is 2.19. The van der Waals surface area contributed by atoms with Gasteiger partial charge in [0.25, 0.3) is 0 Å². The third-order valence-electron chi connectivity index (χ3n) is 2.84. The number of ether oxygens (including phenoxy) is 2. The lowest BCUT2D eigenvalue weighted by Crippen LogP contribution is -2.31. The molecule has 0 fully saturated rings. The Bertz CT molecular complexity index is 310. The zero-order valence-corrected chi connectivity index (χ0v) is 12.0. The van der Waals surface area contributed by atoms with E-state index in [4.69, 9.17) is 9.47 Å². The number of hydrogen-bond acceptors (Lipinski definition) is 2. The Hall–Kier alpha value is -0.860. The molecular weight excluding hydrogens is 212 g/mol. The Morgan fingerprint density at radius 3 is 2.18 bits per heavy atom. The Morgan fingerprint density at radius 1 is 1.12 bits per heavy atom. The molecule has 0 radical (unpaired) electrons. The third-order valence-corrected chi connectivity index (χ3v) is 2.84. The van der Waals surface area contributed by atoms with Crippen LogP contribution in [0, 0.1) is 0 Å². The van der Waals surface area contributed by atoms with Crippen LogP contribution in [0.25, 0.3) is 0 Å². The average Bonchev–Trinajstić information content (AvgIpc) is 2.41. The average molecular weight is 238 g/mol. The topological polar surface area (TPSA) is 18.5 Å². The van der Waals surface area contributed by atoms with Gasteiger partial charge in [-0.3, -0.25) is 0 Å². The van der Waals surface area contributed by atoms with Crippen molar-refractivity contribution in [3.8, 4) is 0 Å². The quantitative estimate of drug-likeness (QED) is 0.777. The van der Waals surface area contributed by atoms with Gasteiger partial charge in [0, 0.05) is 14.2 Å². The standard InChI is InChI=1S/C13H20O2.C2H6/c1-5-11-8-6-7-9-12(11)13(2,15-4)10-14-3;1-2/h6-9H,5,10H2,1-4H3;1-2H3. The molecule has 2 heteroatoms. The molecule has 1 atom stereocenters. The van der Waals surface area contributed by atoms with Crippen LogP contribution in [0.2, 0.25) is 0 Å². The first kappa shape index (κ1) is 16.1. The van der Waals surface area contributed by atoms with Crippen LogP contribution in [0.5, 0.6) is 0 Å². The van der Waals surface area contributed by atoms with Crippen molar-refractivity contribution in [2.75, 3.05) is 20.8 Å². The van der Waals surface area contributed by atoms with Crippen LogP contribution < -0.4 is 0 Å². The van der Waals surface area contributed by atoms with Crippen LogP contribution in [-0.4, -0.2) is 20.8 Å². The molecule has 0 saturated carbocycles. The van der Waals surface area contributed by atoms with Gasteiger partial charge >= 0.3 is 0 Å². The Balaban J connectivity index is 0.00000121. The molecule has 0 heterocycles. The summed E-state index contributed by atoms with van der Waals surface area (Å²) >= 11 is 0. The van der Waals surface area contributed by atoms with E-state index in [1.807, 2.05) is 19.9 Å². The van der Waals surface area contributed by atoms with Crippen LogP contribution in [0.3, 0.4) is 0 Å². The molecule has 0 aliphatic heterocycles. The third kappa shape index (κ3) is 4.14. The number of rotatable bonds is 5. The van der Waals surface area contributed by atoms with Gasteiger partial charge in [-0.15, -0.1) is 0 Å². The summed E-state index contributed by atoms with van der Waals surface area (Å²) in [5, 5.41) is 0. The fourth-order valence-corrected chi connectivity index (χ4v) is 1.87. The van der Waals surface area contributed by atoms with Crippen LogP contribution in [-0.2, 0) is 21.5 Å². The lowest BCUT2D eigenvalue weighted by molar-refractivity contribution is -0.0560. The van der Waals surface area contributed by atoms with E-state index in [0.29, 0.717) is 6.61 Å². The highest BCUT2D eigenvalue weighted by Gasteiger charge is 2.27. The molecule has 2 nitrogen and oxygen atoms in total. The number of aryl methyl sites for hydroxylation is 1. The molecule has 98 valence electrons. The largest absolute Gasteiger partial charge is 0.381 e. The van der Waals surface area contributed by atoms with Crippen molar-refractivity contribution in [2.24, 2.45) is 0 Å². The van der Waals surface area contributed by atoms with E-state index in [9.17, 15) is 0 Å². The second-order valence-electron chi connectivity index (χ2n) is 3.88. The van der Waals surface area contributed by atoms with E-state index >= 15 is 0 Å². The molecule has 0 bridgehead atoms. The SMILES string of the molecule is CC.CCc1ccccc1C(C)(COC)OC. The first-order valence-corrected chi connectivity index (χ1v) is 6.30. The van der Waals surface area contributed by atoms with Gasteiger partial charge in [0.2, 0.25) is 0 Å². The first-order chi connectivity index (χ1) is 8.18. The van der Waals surface area contributed by atoms with Gasteiger partial charge in [-0.1, -0.05) is 45.0 Å². The van der Waals surface area contributed by atoms with Crippen LogP contribution in [0.4, 0.5) is 0 Å². The monoisotopic (exact) mass is 238 g/mol. The molecular formula is C15H26O2. The molecule has 0 N–H and O–H groups in total. The predicted molar refractivity (Wildman–Crippen MR) is 73.4 cm³/mol. The predicted octanol–water partition coefficient (Wildman–Crippen LogP) is 3.78. The van der Waals surface area contributed by atoms with Gasteiger partial charge in [-0.05, 0) is 24.5 Å². The van der Waals surface area contributed by atoms with Gasteiger partial charge in [-0.25, -0.2) is 0 Å². The van der Waals surface area contributed by atoms with Crippen molar-refractivity contribution in [2.45, 2.75) is 39.7 Å². The van der Waals surface area contributed by atoms with Crippen molar-refractivity contribution in [3.63, 3.8) is 0 Å². The lowest BCUT2D eigenvalue weighted by Gasteiger charge is -2.29. The molecule has 0 aliphatic rings. The maximum absolute atomic E-state index is 5.58. The molecule has 1 aromatic rings. The number of hydrogen-bond donors (Lipinski definition) is 0. The van der Waals surface area contributed by atoms with E-state index in [-0.39, 0.29) is 5.60 Å². The molecule has 17 heavy (non-hydrogen) atoms. The Morgan fingerprint density at radius 2 is 1.71 bits per heavy atom. The van der Waals surface area contributed by atoms with Gasteiger partial charge in [0.05, 0.1) is 6.61 Å². The highest BCUT2D eigenvalue weighted by molar-refractivity contribution is 5.32.